The molecule has 2 N–H and O–H groups in total. The molecule has 0 heterocycles. The van der Waals surface area contributed by atoms with Gasteiger partial charge in [-0.05, 0) is 31.2 Å². The minimum absolute atomic E-state index is 0.145. The van der Waals surface area contributed by atoms with E-state index in [0.29, 0.717) is 11.1 Å². The molecule has 0 radical (unpaired) electrons. The third-order valence-electron chi connectivity index (χ3n) is 2.23. The van der Waals surface area contributed by atoms with Crippen LogP contribution in [0.5, 0.6) is 0 Å². The first-order valence-electron chi connectivity index (χ1n) is 4.77. The molecule has 16 heavy (non-hydrogen) atoms. The second-order valence-electron chi connectivity index (χ2n) is 3.49. The Labute approximate surface area is 91.3 Å². The quantitative estimate of drug-likeness (QED) is 0.812. The molecule has 0 spiro atoms. The fourth-order valence-corrected chi connectivity index (χ4v) is 1.42. The molecule has 0 saturated carbocycles. The number of rotatable bonds is 3. The zero-order chi connectivity index (χ0) is 12.3. The van der Waals surface area contributed by atoms with Crippen molar-refractivity contribution in [2.75, 3.05) is 6.54 Å². The van der Waals surface area contributed by atoms with E-state index in [2.05, 4.69) is 0 Å². The number of alkyl halides is 3. The Hall–Kier alpha value is -1.36. The van der Waals surface area contributed by atoms with E-state index in [4.69, 9.17) is 5.73 Å². The molecule has 2 nitrogen and oxygen atoms in total. The molecule has 0 saturated heterocycles. The van der Waals surface area contributed by atoms with Crippen LogP contribution in [0.1, 0.15) is 27.9 Å². The number of carbonyl (C=O) groups is 1. The molecule has 5 heteroatoms. The summed E-state index contributed by atoms with van der Waals surface area (Å²) in [4.78, 5) is 11.5. The van der Waals surface area contributed by atoms with Crippen molar-refractivity contribution in [3.05, 3.63) is 34.9 Å². The van der Waals surface area contributed by atoms with Crippen molar-refractivity contribution in [1.29, 1.82) is 0 Å². The molecule has 88 valence electrons. The number of Topliss-reactive ketones (excluding diaryl/α,β-unsaturated/α-hetero) is 1. The van der Waals surface area contributed by atoms with E-state index in [1.54, 1.807) is 0 Å². The largest absolute Gasteiger partial charge is 0.416 e. The number of hydrogen-bond acceptors (Lipinski definition) is 2. The Morgan fingerprint density at radius 3 is 2.44 bits per heavy atom. The number of aryl methyl sites for hydroxylation is 1. The number of hydrogen-bond donors (Lipinski definition) is 1. The van der Waals surface area contributed by atoms with Crippen molar-refractivity contribution < 1.29 is 18.0 Å². The lowest BCUT2D eigenvalue weighted by atomic mass is 10.00. The fourth-order valence-electron chi connectivity index (χ4n) is 1.42. The van der Waals surface area contributed by atoms with Gasteiger partial charge in [-0.15, -0.1) is 0 Å². The Balaban J connectivity index is 3.05. The van der Waals surface area contributed by atoms with Gasteiger partial charge in [0.25, 0.3) is 0 Å². The summed E-state index contributed by atoms with van der Waals surface area (Å²) in [5.74, 6) is -0.228. The molecule has 1 aromatic rings. The third kappa shape index (κ3) is 2.82. The molecule has 0 bridgehead atoms. The normalized spacial score (nSPS) is 11.6. The number of benzene rings is 1. The highest BCUT2D eigenvalue weighted by atomic mass is 19.4. The molecule has 1 rings (SSSR count). The standard InChI is InChI=1S/C11H12F3NO/c1-7-6-8(11(12,13)14)2-3-9(7)10(16)4-5-15/h2-3,6H,4-5,15H2,1H3. The number of nitrogens with two attached hydrogens (primary N) is 1. The van der Waals surface area contributed by atoms with Crippen LogP contribution in [0.2, 0.25) is 0 Å². The zero-order valence-corrected chi connectivity index (χ0v) is 8.77. The van der Waals surface area contributed by atoms with E-state index < -0.39 is 11.7 Å². The molecule has 0 amide bonds. The fraction of sp³-hybridized carbons (Fsp3) is 0.364. The minimum Gasteiger partial charge on any atom is -0.330 e. The smallest absolute Gasteiger partial charge is 0.330 e. The highest BCUT2D eigenvalue weighted by Gasteiger charge is 2.30. The van der Waals surface area contributed by atoms with Gasteiger partial charge >= 0.3 is 6.18 Å². The first-order chi connectivity index (χ1) is 7.36. The summed E-state index contributed by atoms with van der Waals surface area (Å²) >= 11 is 0. The van der Waals surface area contributed by atoms with Crippen molar-refractivity contribution in [3.63, 3.8) is 0 Å². The highest BCUT2D eigenvalue weighted by molar-refractivity contribution is 5.97. The molecule has 0 aliphatic carbocycles. The molecule has 1 aromatic carbocycles. The van der Waals surface area contributed by atoms with Crippen LogP contribution >= 0.6 is 0 Å². The number of halogens is 3. The molecule has 0 fully saturated rings. The molecular weight excluding hydrogens is 219 g/mol. The van der Waals surface area contributed by atoms with Gasteiger partial charge in [-0.2, -0.15) is 13.2 Å². The molecule has 0 atom stereocenters. The molecule has 0 aromatic heterocycles. The van der Waals surface area contributed by atoms with Gasteiger partial charge in [0.05, 0.1) is 5.56 Å². The maximum Gasteiger partial charge on any atom is 0.416 e. The van der Waals surface area contributed by atoms with Crippen LogP contribution < -0.4 is 5.73 Å². The lowest BCUT2D eigenvalue weighted by Crippen LogP contribution is -2.11. The molecule has 0 aliphatic rings. The lowest BCUT2D eigenvalue weighted by Gasteiger charge is -2.10. The predicted molar refractivity (Wildman–Crippen MR) is 54.2 cm³/mol. The molecule has 0 unspecified atom stereocenters. The van der Waals surface area contributed by atoms with Gasteiger partial charge < -0.3 is 5.73 Å². The van der Waals surface area contributed by atoms with Crippen LogP contribution in [0.15, 0.2) is 18.2 Å². The van der Waals surface area contributed by atoms with Crippen LogP contribution in [-0.2, 0) is 6.18 Å². The number of carbonyl (C=O) groups excluding carboxylic acids is 1. The van der Waals surface area contributed by atoms with Crippen LogP contribution in [0.4, 0.5) is 13.2 Å². The van der Waals surface area contributed by atoms with Crippen LogP contribution in [0.3, 0.4) is 0 Å². The molecule has 0 aliphatic heterocycles. The van der Waals surface area contributed by atoms with Crippen molar-refractivity contribution in [1.82, 2.24) is 0 Å². The van der Waals surface area contributed by atoms with Crippen molar-refractivity contribution in [2.45, 2.75) is 19.5 Å². The number of ketones is 1. The summed E-state index contributed by atoms with van der Waals surface area (Å²) in [5, 5.41) is 0. The average molecular weight is 231 g/mol. The van der Waals surface area contributed by atoms with E-state index in [1.165, 1.54) is 13.0 Å². The van der Waals surface area contributed by atoms with Crippen molar-refractivity contribution >= 4 is 5.78 Å². The minimum atomic E-state index is -4.37. The van der Waals surface area contributed by atoms with E-state index in [9.17, 15) is 18.0 Å². The summed E-state index contributed by atoms with van der Waals surface area (Å²) in [6, 6.07) is 3.09. The maximum atomic E-state index is 12.3. The van der Waals surface area contributed by atoms with E-state index in [0.717, 1.165) is 12.1 Å². The van der Waals surface area contributed by atoms with Crippen molar-refractivity contribution in [3.8, 4) is 0 Å². The Morgan fingerprint density at radius 2 is 2.00 bits per heavy atom. The average Bonchev–Trinajstić information content (AvgIpc) is 2.16. The summed E-state index contributed by atoms with van der Waals surface area (Å²) in [5.41, 5.74) is 5.11. The van der Waals surface area contributed by atoms with Crippen LogP contribution in [0.25, 0.3) is 0 Å². The lowest BCUT2D eigenvalue weighted by molar-refractivity contribution is -0.137. The SMILES string of the molecule is Cc1cc(C(F)(F)F)ccc1C(=O)CCN. The van der Waals surface area contributed by atoms with Gasteiger partial charge in [0.1, 0.15) is 0 Å². The monoisotopic (exact) mass is 231 g/mol. The Morgan fingerprint density at radius 1 is 1.38 bits per heavy atom. The van der Waals surface area contributed by atoms with Gasteiger partial charge in [0.2, 0.25) is 0 Å². The van der Waals surface area contributed by atoms with E-state index >= 15 is 0 Å². The Kier molecular flexibility index (Phi) is 3.70. The topological polar surface area (TPSA) is 43.1 Å². The predicted octanol–water partition coefficient (Wildman–Crippen LogP) is 2.55. The first-order valence-corrected chi connectivity index (χ1v) is 4.77. The van der Waals surface area contributed by atoms with Gasteiger partial charge in [-0.3, -0.25) is 4.79 Å². The van der Waals surface area contributed by atoms with Gasteiger partial charge in [-0.25, -0.2) is 0 Å². The van der Waals surface area contributed by atoms with Gasteiger partial charge in [-0.1, -0.05) is 6.07 Å². The third-order valence-corrected chi connectivity index (χ3v) is 2.23. The second-order valence-corrected chi connectivity index (χ2v) is 3.49. The first kappa shape index (κ1) is 12.7. The van der Waals surface area contributed by atoms with E-state index in [1.807, 2.05) is 0 Å². The highest BCUT2D eigenvalue weighted by Crippen LogP contribution is 2.30. The van der Waals surface area contributed by atoms with Crippen LogP contribution in [-0.4, -0.2) is 12.3 Å². The van der Waals surface area contributed by atoms with Gasteiger partial charge in [0, 0.05) is 12.0 Å². The van der Waals surface area contributed by atoms with Crippen molar-refractivity contribution in [2.24, 2.45) is 5.73 Å². The Bertz CT molecular complexity index is 399. The summed E-state index contributed by atoms with van der Waals surface area (Å²) in [7, 11) is 0. The molecular formula is C11H12F3NO. The van der Waals surface area contributed by atoms with Gasteiger partial charge in [0.15, 0.2) is 5.78 Å². The zero-order valence-electron chi connectivity index (χ0n) is 8.77. The summed E-state index contributed by atoms with van der Waals surface area (Å²) in [6.07, 6.45) is -4.23. The van der Waals surface area contributed by atoms with Crippen LogP contribution in [0, 0.1) is 6.92 Å². The summed E-state index contributed by atoms with van der Waals surface area (Å²) in [6.45, 7) is 1.68. The maximum absolute atomic E-state index is 12.3. The van der Waals surface area contributed by atoms with E-state index in [-0.39, 0.29) is 18.7 Å². The summed E-state index contributed by atoms with van der Waals surface area (Å²) < 4.78 is 37.0. The second kappa shape index (κ2) is 4.65.